The lowest BCUT2D eigenvalue weighted by atomic mass is 9.83. The molecule has 9 rings (SSSR count). The highest BCUT2D eigenvalue weighted by Crippen LogP contribution is 2.51. The van der Waals surface area contributed by atoms with E-state index in [2.05, 4.69) is 91.6 Å². The van der Waals surface area contributed by atoms with Gasteiger partial charge in [-0.2, -0.15) is 0 Å². The number of hydrogen-bond donors (Lipinski definition) is 0. The Bertz CT molecular complexity index is 2450. The van der Waals surface area contributed by atoms with Gasteiger partial charge in [-0.3, -0.25) is 4.98 Å². The van der Waals surface area contributed by atoms with Crippen LogP contribution in [0.25, 0.3) is 78.4 Å². The fourth-order valence-corrected chi connectivity index (χ4v) is 6.97. The standard InChI is InChI=1S/C41H28N4O/c1-41(2)32-17-9-16-31(36(32)29-21-22-42-24-33(29)41)40-44-38(26-13-7-4-8-14-26)43-39(45-40)27-19-20-30-35(23-27)46-34-18-10-15-28(37(30)34)25-11-5-3-6-12-25/h3-24H,1-2H3. The minimum Gasteiger partial charge on any atom is -0.456 e. The van der Waals surface area contributed by atoms with E-state index in [4.69, 9.17) is 19.4 Å². The summed E-state index contributed by atoms with van der Waals surface area (Å²) in [6.07, 6.45) is 3.85. The van der Waals surface area contributed by atoms with Gasteiger partial charge in [-0.05, 0) is 57.6 Å². The molecule has 0 N–H and O–H groups in total. The average molecular weight is 593 g/mol. The maximum atomic E-state index is 6.45. The van der Waals surface area contributed by atoms with Gasteiger partial charge < -0.3 is 4.42 Å². The normalized spacial score (nSPS) is 13.2. The SMILES string of the molecule is CC1(C)c2cnccc2-c2c(-c3nc(-c4ccccc4)nc(-c4ccc5c(c4)oc4cccc(-c6ccccc6)c45)n3)cccc21. The molecule has 0 unspecified atom stereocenters. The molecule has 0 aliphatic heterocycles. The van der Waals surface area contributed by atoms with Gasteiger partial charge in [0.25, 0.3) is 0 Å². The summed E-state index contributed by atoms with van der Waals surface area (Å²) in [6, 6.07) is 41.6. The van der Waals surface area contributed by atoms with Gasteiger partial charge in [0.05, 0.1) is 0 Å². The highest BCUT2D eigenvalue weighted by molar-refractivity contribution is 6.13. The third-order valence-electron chi connectivity index (χ3n) is 9.25. The smallest absolute Gasteiger partial charge is 0.164 e. The van der Waals surface area contributed by atoms with Crippen molar-refractivity contribution in [2.75, 3.05) is 0 Å². The fourth-order valence-electron chi connectivity index (χ4n) is 6.97. The molecular formula is C41H28N4O. The van der Waals surface area contributed by atoms with Crippen molar-refractivity contribution in [2.24, 2.45) is 0 Å². The van der Waals surface area contributed by atoms with Gasteiger partial charge in [0.2, 0.25) is 0 Å². The maximum absolute atomic E-state index is 6.45. The lowest BCUT2D eigenvalue weighted by molar-refractivity contribution is 0.657. The molecule has 46 heavy (non-hydrogen) atoms. The summed E-state index contributed by atoms with van der Waals surface area (Å²) >= 11 is 0. The number of aromatic nitrogens is 4. The number of pyridine rings is 1. The lowest BCUT2D eigenvalue weighted by Crippen LogP contribution is -2.15. The molecule has 5 nitrogen and oxygen atoms in total. The van der Waals surface area contributed by atoms with E-state index in [9.17, 15) is 0 Å². The second kappa shape index (κ2) is 10.0. The molecule has 0 radical (unpaired) electrons. The van der Waals surface area contributed by atoms with Crippen molar-refractivity contribution < 1.29 is 4.42 Å². The molecule has 5 heteroatoms. The largest absolute Gasteiger partial charge is 0.456 e. The Morgan fingerprint density at radius 2 is 1.22 bits per heavy atom. The average Bonchev–Trinajstić information content (AvgIpc) is 3.60. The first kappa shape index (κ1) is 26.5. The molecule has 218 valence electrons. The molecular weight excluding hydrogens is 564 g/mol. The molecule has 0 saturated carbocycles. The number of fused-ring (bicyclic) bond motifs is 6. The third-order valence-corrected chi connectivity index (χ3v) is 9.25. The number of hydrogen-bond acceptors (Lipinski definition) is 5. The first-order valence-electron chi connectivity index (χ1n) is 15.5. The minimum absolute atomic E-state index is 0.183. The highest BCUT2D eigenvalue weighted by atomic mass is 16.3. The predicted molar refractivity (Wildman–Crippen MR) is 184 cm³/mol. The van der Waals surface area contributed by atoms with Crippen LogP contribution < -0.4 is 0 Å². The van der Waals surface area contributed by atoms with Gasteiger partial charge in [0.1, 0.15) is 11.2 Å². The zero-order chi connectivity index (χ0) is 30.8. The van der Waals surface area contributed by atoms with Crippen molar-refractivity contribution in [1.29, 1.82) is 0 Å². The first-order valence-corrected chi connectivity index (χ1v) is 15.5. The molecule has 0 fully saturated rings. The van der Waals surface area contributed by atoms with E-state index in [0.717, 1.165) is 55.3 Å². The van der Waals surface area contributed by atoms with Crippen molar-refractivity contribution in [1.82, 2.24) is 19.9 Å². The van der Waals surface area contributed by atoms with Gasteiger partial charge >= 0.3 is 0 Å². The molecule has 1 aliphatic carbocycles. The van der Waals surface area contributed by atoms with Crippen molar-refractivity contribution >= 4 is 21.9 Å². The third kappa shape index (κ3) is 4.02. The van der Waals surface area contributed by atoms with Gasteiger partial charge in [-0.25, -0.2) is 15.0 Å². The van der Waals surface area contributed by atoms with E-state index in [1.54, 1.807) is 0 Å². The Kier molecular flexibility index (Phi) is 5.78. The molecule has 8 aromatic rings. The van der Waals surface area contributed by atoms with Crippen molar-refractivity contribution in [3.8, 4) is 56.4 Å². The number of benzene rings is 5. The van der Waals surface area contributed by atoms with Crippen LogP contribution in [-0.2, 0) is 5.41 Å². The Morgan fingerprint density at radius 3 is 2.02 bits per heavy atom. The van der Waals surface area contributed by atoms with E-state index >= 15 is 0 Å². The highest BCUT2D eigenvalue weighted by Gasteiger charge is 2.37. The monoisotopic (exact) mass is 592 g/mol. The Labute approximate surface area is 266 Å². The summed E-state index contributed by atoms with van der Waals surface area (Å²) in [4.78, 5) is 19.7. The molecule has 1 aliphatic rings. The summed E-state index contributed by atoms with van der Waals surface area (Å²) in [5.41, 5.74) is 11.3. The van der Waals surface area contributed by atoms with Crippen LogP contribution >= 0.6 is 0 Å². The summed E-state index contributed by atoms with van der Waals surface area (Å²) in [5, 5.41) is 2.16. The second-order valence-electron chi connectivity index (χ2n) is 12.3. The molecule has 0 amide bonds. The van der Waals surface area contributed by atoms with Crippen LogP contribution in [0.15, 0.2) is 138 Å². The number of rotatable bonds is 4. The van der Waals surface area contributed by atoms with E-state index in [-0.39, 0.29) is 5.41 Å². The topological polar surface area (TPSA) is 64.7 Å². The molecule has 0 atom stereocenters. The van der Waals surface area contributed by atoms with Gasteiger partial charge in [0.15, 0.2) is 17.5 Å². The van der Waals surface area contributed by atoms with E-state index in [1.807, 2.05) is 60.9 Å². The summed E-state index contributed by atoms with van der Waals surface area (Å²) in [6.45, 7) is 4.51. The zero-order valence-corrected chi connectivity index (χ0v) is 25.4. The summed E-state index contributed by atoms with van der Waals surface area (Å²) < 4.78 is 6.45. The van der Waals surface area contributed by atoms with Crippen LogP contribution in [0.4, 0.5) is 0 Å². The predicted octanol–water partition coefficient (Wildman–Crippen LogP) is 10.1. The fraction of sp³-hybridized carbons (Fsp3) is 0.0732. The van der Waals surface area contributed by atoms with Crippen molar-refractivity contribution in [3.63, 3.8) is 0 Å². The maximum Gasteiger partial charge on any atom is 0.164 e. The quantitative estimate of drug-likeness (QED) is 0.203. The molecule has 3 aromatic heterocycles. The number of nitrogens with zero attached hydrogens (tertiary/aromatic N) is 4. The van der Waals surface area contributed by atoms with E-state index in [1.165, 1.54) is 16.7 Å². The van der Waals surface area contributed by atoms with Crippen molar-refractivity contribution in [3.05, 3.63) is 145 Å². The van der Waals surface area contributed by atoms with Crippen LogP contribution in [0.5, 0.6) is 0 Å². The molecule has 0 bridgehead atoms. The van der Waals surface area contributed by atoms with Gasteiger partial charge in [-0.1, -0.05) is 111 Å². The van der Waals surface area contributed by atoms with Crippen LogP contribution in [0.2, 0.25) is 0 Å². The number of furan rings is 1. The lowest BCUT2D eigenvalue weighted by Gasteiger charge is -2.21. The van der Waals surface area contributed by atoms with Crippen LogP contribution in [0, 0.1) is 0 Å². The Hall–Kier alpha value is -5.94. The first-order chi connectivity index (χ1) is 22.6. The van der Waals surface area contributed by atoms with Crippen LogP contribution in [-0.4, -0.2) is 19.9 Å². The zero-order valence-electron chi connectivity index (χ0n) is 25.4. The Morgan fingerprint density at radius 1 is 0.522 bits per heavy atom. The van der Waals surface area contributed by atoms with Gasteiger partial charge in [-0.15, -0.1) is 0 Å². The summed E-state index contributed by atoms with van der Waals surface area (Å²) in [5.74, 6) is 1.86. The van der Waals surface area contributed by atoms with Crippen molar-refractivity contribution in [2.45, 2.75) is 19.3 Å². The molecule has 3 heterocycles. The molecule has 0 saturated heterocycles. The van der Waals surface area contributed by atoms with E-state index < -0.39 is 0 Å². The van der Waals surface area contributed by atoms with Crippen LogP contribution in [0.3, 0.4) is 0 Å². The molecule has 5 aromatic carbocycles. The summed E-state index contributed by atoms with van der Waals surface area (Å²) in [7, 11) is 0. The second-order valence-corrected chi connectivity index (χ2v) is 12.3. The van der Waals surface area contributed by atoms with E-state index in [0.29, 0.717) is 17.5 Å². The minimum atomic E-state index is -0.183. The Balaban J connectivity index is 1.25. The molecule has 0 spiro atoms. The van der Waals surface area contributed by atoms with Crippen LogP contribution in [0.1, 0.15) is 25.0 Å². The van der Waals surface area contributed by atoms with Gasteiger partial charge in [0, 0.05) is 45.3 Å².